The number of aromatic nitrogens is 1. The van der Waals surface area contributed by atoms with Crippen molar-refractivity contribution >= 4 is 35.0 Å². The highest BCUT2D eigenvalue weighted by Gasteiger charge is 2.28. The molecule has 1 fully saturated rings. The van der Waals surface area contributed by atoms with Gasteiger partial charge in [-0.25, -0.2) is 9.78 Å². The zero-order chi connectivity index (χ0) is 17.1. The van der Waals surface area contributed by atoms with Crippen LogP contribution >= 0.6 is 11.6 Å². The summed E-state index contributed by atoms with van der Waals surface area (Å²) in [4.78, 5) is 32.0. The summed E-state index contributed by atoms with van der Waals surface area (Å²) in [6, 6.07) is 10.2. The first-order valence-electron chi connectivity index (χ1n) is 7.68. The second-order valence-corrected chi connectivity index (χ2v) is 5.76. The number of carbonyl (C=O) groups excluding carboxylic acids is 2. The van der Waals surface area contributed by atoms with Gasteiger partial charge < -0.3 is 10.2 Å². The number of nitrogens with zero attached hydrogens (tertiary/aromatic N) is 3. The molecule has 0 unspecified atom stereocenters. The van der Waals surface area contributed by atoms with Crippen molar-refractivity contribution in [3.8, 4) is 0 Å². The van der Waals surface area contributed by atoms with E-state index in [0.29, 0.717) is 41.7 Å². The van der Waals surface area contributed by atoms with Crippen LogP contribution in [0.2, 0.25) is 5.02 Å². The lowest BCUT2D eigenvalue weighted by Crippen LogP contribution is -2.32. The SMILES string of the molecule is CCN1CCN(c2ccc(NC(=O)c3ccccc3Cl)cn2)C1=O. The molecule has 1 saturated heterocycles. The molecule has 2 aromatic rings. The molecule has 0 saturated carbocycles. The largest absolute Gasteiger partial charge is 0.325 e. The molecule has 0 bridgehead atoms. The maximum absolute atomic E-state index is 12.2. The third kappa shape index (κ3) is 3.19. The average Bonchev–Trinajstić information content (AvgIpc) is 2.96. The molecular formula is C17H17ClN4O2. The second kappa shape index (κ2) is 6.88. The van der Waals surface area contributed by atoms with Crippen LogP contribution in [0, 0.1) is 0 Å². The van der Waals surface area contributed by atoms with E-state index in [1.165, 1.54) is 6.20 Å². The number of carbonyl (C=O) groups is 2. The van der Waals surface area contributed by atoms with Crippen molar-refractivity contribution in [3.05, 3.63) is 53.2 Å². The first-order valence-corrected chi connectivity index (χ1v) is 8.06. The van der Waals surface area contributed by atoms with Crippen LogP contribution in [0.1, 0.15) is 17.3 Å². The van der Waals surface area contributed by atoms with E-state index in [0.717, 1.165) is 0 Å². The summed E-state index contributed by atoms with van der Waals surface area (Å²) in [5, 5.41) is 3.14. The molecule has 2 heterocycles. The van der Waals surface area contributed by atoms with E-state index in [-0.39, 0.29) is 11.9 Å². The summed E-state index contributed by atoms with van der Waals surface area (Å²) in [6.07, 6.45) is 1.53. The summed E-state index contributed by atoms with van der Waals surface area (Å²) in [6.45, 7) is 3.94. The monoisotopic (exact) mass is 344 g/mol. The molecule has 1 aromatic heterocycles. The molecule has 24 heavy (non-hydrogen) atoms. The molecule has 3 amide bonds. The average molecular weight is 345 g/mol. The highest BCUT2D eigenvalue weighted by molar-refractivity contribution is 6.34. The van der Waals surface area contributed by atoms with E-state index in [4.69, 9.17) is 11.6 Å². The van der Waals surface area contributed by atoms with Gasteiger partial charge in [0.05, 0.1) is 22.5 Å². The maximum atomic E-state index is 12.2. The number of pyridine rings is 1. The lowest BCUT2D eigenvalue weighted by molar-refractivity contribution is 0.102. The number of hydrogen-bond donors (Lipinski definition) is 1. The number of benzene rings is 1. The van der Waals surface area contributed by atoms with Crippen molar-refractivity contribution < 1.29 is 9.59 Å². The van der Waals surface area contributed by atoms with Gasteiger partial charge in [-0.15, -0.1) is 0 Å². The quantitative estimate of drug-likeness (QED) is 0.925. The molecule has 0 aliphatic carbocycles. The smallest absolute Gasteiger partial charge is 0.323 e. The van der Waals surface area contributed by atoms with Gasteiger partial charge in [-0.1, -0.05) is 23.7 Å². The highest BCUT2D eigenvalue weighted by atomic mass is 35.5. The minimum atomic E-state index is -0.301. The van der Waals surface area contributed by atoms with E-state index >= 15 is 0 Å². The van der Waals surface area contributed by atoms with Gasteiger partial charge in [-0.3, -0.25) is 9.69 Å². The standard InChI is InChI=1S/C17H17ClN4O2/c1-2-21-9-10-22(17(21)24)15-8-7-12(11-19-15)20-16(23)13-5-3-4-6-14(13)18/h3-8,11H,2,9-10H2,1H3,(H,20,23). The minimum absolute atomic E-state index is 0.0437. The Morgan fingerprint density at radius 1 is 1.25 bits per heavy atom. The number of rotatable bonds is 4. The second-order valence-electron chi connectivity index (χ2n) is 5.35. The van der Waals surface area contributed by atoms with Crippen molar-refractivity contribution in [2.45, 2.75) is 6.92 Å². The van der Waals surface area contributed by atoms with E-state index < -0.39 is 0 Å². The Balaban J connectivity index is 1.70. The van der Waals surface area contributed by atoms with Crippen LogP contribution in [0.15, 0.2) is 42.6 Å². The Bertz CT molecular complexity index is 763. The molecule has 1 aromatic carbocycles. The first-order chi connectivity index (χ1) is 11.6. The van der Waals surface area contributed by atoms with Crippen molar-refractivity contribution in [3.63, 3.8) is 0 Å². The molecule has 6 nitrogen and oxygen atoms in total. The van der Waals surface area contributed by atoms with E-state index in [1.807, 2.05) is 6.92 Å². The number of amides is 3. The molecule has 0 radical (unpaired) electrons. The zero-order valence-electron chi connectivity index (χ0n) is 13.2. The molecule has 124 valence electrons. The van der Waals surface area contributed by atoms with Crippen LogP contribution < -0.4 is 10.2 Å². The van der Waals surface area contributed by atoms with Gasteiger partial charge in [0, 0.05) is 19.6 Å². The summed E-state index contributed by atoms with van der Waals surface area (Å²) in [7, 11) is 0. The van der Waals surface area contributed by atoms with Gasteiger partial charge in [0.2, 0.25) is 0 Å². The Kier molecular flexibility index (Phi) is 4.66. The molecule has 0 spiro atoms. The Morgan fingerprint density at radius 2 is 2.04 bits per heavy atom. The zero-order valence-corrected chi connectivity index (χ0v) is 14.0. The number of hydrogen-bond acceptors (Lipinski definition) is 3. The first kappa shape index (κ1) is 16.3. The Labute approximate surface area is 145 Å². The molecule has 7 heteroatoms. The van der Waals surface area contributed by atoms with Gasteiger partial charge in [-0.2, -0.15) is 0 Å². The van der Waals surface area contributed by atoms with Crippen molar-refractivity contribution in [2.75, 3.05) is 29.9 Å². The third-order valence-electron chi connectivity index (χ3n) is 3.88. The van der Waals surface area contributed by atoms with E-state index in [1.54, 1.807) is 46.2 Å². The molecule has 1 aliphatic heterocycles. The fraction of sp³-hybridized carbons (Fsp3) is 0.235. The summed E-state index contributed by atoms with van der Waals surface area (Å²) in [5.41, 5.74) is 0.944. The van der Waals surface area contributed by atoms with Gasteiger partial charge in [0.25, 0.3) is 5.91 Å². The lowest BCUT2D eigenvalue weighted by atomic mass is 10.2. The van der Waals surface area contributed by atoms with Gasteiger partial charge in [-0.05, 0) is 31.2 Å². The molecule has 3 rings (SSSR count). The van der Waals surface area contributed by atoms with Crippen LogP contribution in [0.4, 0.5) is 16.3 Å². The highest BCUT2D eigenvalue weighted by Crippen LogP contribution is 2.21. The van der Waals surface area contributed by atoms with Crippen molar-refractivity contribution in [1.29, 1.82) is 0 Å². The van der Waals surface area contributed by atoms with Gasteiger partial charge >= 0.3 is 6.03 Å². The Morgan fingerprint density at radius 3 is 2.67 bits per heavy atom. The van der Waals surface area contributed by atoms with Gasteiger partial charge in [0.15, 0.2) is 0 Å². The summed E-state index contributed by atoms with van der Waals surface area (Å²) < 4.78 is 0. The van der Waals surface area contributed by atoms with Crippen molar-refractivity contribution in [1.82, 2.24) is 9.88 Å². The maximum Gasteiger partial charge on any atom is 0.325 e. The number of likely N-dealkylation sites (N-methyl/N-ethyl adjacent to an activating group) is 1. The third-order valence-corrected chi connectivity index (χ3v) is 4.21. The fourth-order valence-corrected chi connectivity index (χ4v) is 2.77. The predicted molar refractivity (Wildman–Crippen MR) is 93.6 cm³/mol. The molecular weight excluding hydrogens is 328 g/mol. The van der Waals surface area contributed by atoms with E-state index in [9.17, 15) is 9.59 Å². The number of anilines is 2. The van der Waals surface area contributed by atoms with Gasteiger partial charge in [0.1, 0.15) is 5.82 Å². The topological polar surface area (TPSA) is 65.5 Å². The minimum Gasteiger partial charge on any atom is -0.323 e. The van der Waals surface area contributed by atoms with Crippen LogP contribution in [-0.4, -0.2) is 41.5 Å². The Hall–Kier alpha value is -2.60. The molecule has 1 N–H and O–H groups in total. The summed E-state index contributed by atoms with van der Waals surface area (Å²) >= 11 is 6.01. The number of urea groups is 1. The normalized spacial score (nSPS) is 14.2. The number of nitrogens with one attached hydrogen (secondary N) is 1. The van der Waals surface area contributed by atoms with Crippen LogP contribution in [0.3, 0.4) is 0 Å². The lowest BCUT2D eigenvalue weighted by Gasteiger charge is -2.16. The van der Waals surface area contributed by atoms with Crippen molar-refractivity contribution in [2.24, 2.45) is 0 Å². The molecule has 0 atom stereocenters. The van der Waals surface area contributed by atoms with Crippen LogP contribution in [-0.2, 0) is 0 Å². The fourth-order valence-electron chi connectivity index (χ4n) is 2.55. The molecule has 1 aliphatic rings. The number of halogens is 1. The predicted octanol–water partition coefficient (Wildman–Crippen LogP) is 3.25. The van der Waals surface area contributed by atoms with Crippen LogP contribution in [0.5, 0.6) is 0 Å². The van der Waals surface area contributed by atoms with E-state index in [2.05, 4.69) is 10.3 Å². The summed E-state index contributed by atoms with van der Waals surface area (Å²) in [5.74, 6) is 0.274. The van der Waals surface area contributed by atoms with Crippen LogP contribution in [0.25, 0.3) is 0 Å².